The quantitative estimate of drug-likeness (QED) is 0.838. The zero-order chi connectivity index (χ0) is 14.4. The topological polar surface area (TPSA) is 28.2 Å². The Morgan fingerprint density at radius 3 is 2.65 bits per heavy atom. The molecule has 0 aliphatic heterocycles. The SMILES string of the molecule is CCCNc1cc(N(C)C2CCC(CC)CC2)ccn1. The summed E-state index contributed by atoms with van der Waals surface area (Å²) in [6, 6.07) is 5.00. The van der Waals surface area contributed by atoms with Crippen LogP contribution in [0.15, 0.2) is 18.3 Å². The highest BCUT2D eigenvalue weighted by atomic mass is 15.1. The number of nitrogens with zero attached hydrogens (tertiary/aromatic N) is 2. The number of nitrogens with one attached hydrogen (secondary N) is 1. The van der Waals surface area contributed by atoms with Gasteiger partial charge < -0.3 is 10.2 Å². The van der Waals surface area contributed by atoms with Crippen molar-refractivity contribution in [3.8, 4) is 0 Å². The molecule has 2 rings (SSSR count). The molecular weight excluding hydrogens is 246 g/mol. The molecule has 0 radical (unpaired) electrons. The number of rotatable bonds is 6. The van der Waals surface area contributed by atoms with Crippen LogP contribution in [0.5, 0.6) is 0 Å². The number of hydrogen-bond acceptors (Lipinski definition) is 3. The van der Waals surface area contributed by atoms with E-state index >= 15 is 0 Å². The zero-order valence-electron chi connectivity index (χ0n) is 13.2. The molecule has 0 bridgehead atoms. The minimum Gasteiger partial charge on any atom is -0.371 e. The molecule has 20 heavy (non-hydrogen) atoms. The highest BCUT2D eigenvalue weighted by Crippen LogP contribution is 2.31. The van der Waals surface area contributed by atoms with Crippen molar-refractivity contribution in [2.45, 2.75) is 58.4 Å². The van der Waals surface area contributed by atoms with Crippen LogP contribution in [0.2, 0.25) is 0 Å². The summed E-state index contributed by atoms with van der Waals surface area (Å²) in [6.07, 6.45) is 9.82. The third-order valence-electron chi connectivity index (χ3n) is 4.65. The summed E-state index contributed by atoms with van der Waals surface area (Å²) < 4.78 is 0. The van der Waals surface area contributed by atoms with E-state index in [4.69, 9.17) is 0 Å². The van der Waals surface area contributed by atoms with E-state index < -0.39 is 0 Å². The largest absolute Gasteiger partial charge is 0.371 e. The predicted molar refractivity (Wildman–Crippen MR) is 87.5 cm³/mol. The van der Waals surface area contributed by atoms with Crippen molar-refractivity contribution in [2.24, 2.45) is 5.92 Å². The molecule has 1 aromatic heterocycles. The molecule has 1 N–H and O–H groups in total. The summed E-state index contributed by atoms with van der Waals surface area (Å²) in [6.45, 7) is 5.49. The maximum Gasteiger partial charge on any atom is 0.127 e. The molecule has 0 atom stereocenters. The van der Waals surface area contributed by atoms with Crippen LogP contribution >= 0.6 is 0 Å². The second-order valence-corrected chi connectivity index (χ2v) is 6.02. The van der Waals surface area contributed by atoms with Crippen LogP contribution in [0.3, 0.4) is 0 Å². The van der Waals surface area contributed by atoms with Gasteiger partial charge in [-0.2, -0.15) is 0 Å². The van der Waals surface area contributed by atoms with Crippen molar-refractivity contribution in [1.29, 1.82) is 0 Å². The predicted octanol–water partition coefficient (Wildman–Crippen LogP) is 4.31. The van der Waals surface area contributed by atoms with Crippen LogP contribution in [0.4, 0.5) is 11.5 Å². The molecule has 0 spiro atoms. The minimum absolute atomic E-state index is 0.694. The average molecular weight is 275 g/mol. The Morgan fingerprint density at radius 1 is 1.25 bits per heavy atom. The van der Waals surface area contributed by atoms with Gasteiger partial charge in [-0.1, -0.05) is 20.3 Å². The first-order chi connectivity index (χ1) is 9.74. The molecule has 1 fully saturated rings. The molecule has 0 aromatic carbocycles. The summed E-state index contributed by atoms with van der Waals surface area (Å²) in [5.41, 5.74) is 1.29. The molecule has 1 heterocycles. The molecule has 0 unspecified atom stereocenters. The summed E-state index contributed by atoms with van der Waals surface area (Å²) in [5, 5.41) is 3.37. The van der Waals surface area contributed by atoms with Crippen molar-refractivity contribution in [1.82, 2.24) is 4.98 Å². The molecule has 1 aliphatic rings. The van der Waals surface area contributed by atoms with E-state index in [-0.39, 0.29) is 0 Å². The second kappa shape index (κ2) is 7.51. The van der Waals surface area contributed by atoms with E-state index in [0.717, 1.165) is 24.7 Å². The Hall–Kier alpha value is -1.25. The number of anilines is 2. The van der Waals surface area contributed by atoms with Gasteiger partial charge in [0.2, 0.25) is 0 Å². The van der Waals surface area contributed by atoms with Crippen LogP contribution in [0, 0.1) is 5.92 Å². The van der Waals surface area contributed by atoms with Gasteiger partial charge in [-0.25, -0.2) is 4.98 Å². The van der Waals surface area contributed by atoms with Gasteiger partial charge in [0.25, 0.3) is 0 Å². The first-order valence-electron chi connectivity index (χ1n) is 8.17. The van der Waals surface area contributed by atoms with Crippen LogP contribution in [0.1, 0.15) is 52.4 Å². The molecule has 3 nitrogen and oxygen atoms in total. The monoisotopic (exact) mass is 275 g/mol. The van der Waals surface area contributed by atoms with Gasteiger partial charge in [-0.15, -0.1) is 0 Å². The lowest BCUT2D eigenvalue weighted by molar-refractivity contribution is 0.313. The third kappa shape index (κ3) is 3.87. The van der Waals surface area contributed by atoms with Gasteiger partial charge in [-0.3, -0.25) is 0 Å². The fraction of sp³-hybridized carbons (Fsp3) is 0.706. The summed E-state index contributed by atoms with van der Waals surface area (Å²) in [4.78, 5) is 6.84. The molecule has 1 saturated carbocycles. The molecule has 1 aliphatic carbocycles. The van der Waals surface area contributed by atoms with E-state index in [1.165, 1.54) is 37.8 Å². The minimum atomic E-state index is 0.694. The van der Waals surface area contributed by atoms with Crippen molar-refractivity contribution < 1.29 is 0 Å². The molecule has 1 aromatic rings. The standard InChI is InChI=1S/C17H29N3/c1-4-11-18-17-13-16(10-12-19-17)20(3)15-8-6-14(5-2)7-9-15/h10,12-15H,4-9,11H2,1-3H3,(H,18,19). The smallest absolute Gasteiger partial charge is 0.127 e. The van der Waals surface area contributed by atoms with Crippen molar-refractivity contribution in [3.05, 3.63) is 18.3 Å². The maximum absolute atomic E-state index is 4.39. The summed E-state index contributed by atoms with van der Waals surface area (Å²) in [7, 11) is 2.23. The van der Waals surface area contributed by atoms with Gasteiger partial charge in [-0.05, 0) is 44.1 Å². The van der Waals surface area contributed by atoms with Gasteiger partial charge in [0.15, 0.2) is 0 Å². The lowest BCUT2D eigenvalue weighted by Gasteiger charge is -2.35. The number of aromatic nitrogens is 1. The molecule has 112 valence electrons. The van der Waals surface area contributed by atoms with Crippen LogP contribution in [-0.2, 0) is 0 Å². The van der Waals surface area contributed by atoms with Crippen LogP contribution < -0.4 is 10.2 Å². The zero-order valence-corrected chi connectivity index (χ0v) is 13.2. The average Bonchev–Trinajstić information content (AvgIpc) is 2.52. The Labute approximate surface area is 123 Å². The van der Waals surface area contributed by atoms with Crippen LogP contribution in [0.25, 0.3) is 0 Å². The van der Waals surface area contributed by atoms with Gasteiger partial charge in [0, 0.05) is 37.6 Å². The van der Waals surface area contributed by atoms with Crippen molar-refractivity contribution >= 4 is 11.5 Å². The molecule has 3 heteroatoms. The Kier molecular flexibility index (Phi) is 5.69. The Balaban J connectivity index is 1.96. The van der Waals surface area contributed by atoms with Gasteiger partial charge >= 0.3 is 0 Å². The van der Waals surface area contributed by atoms with E-state index in [0.29, 0.717) is 6.04 Å². The van der Waals surface area contributed by atoms with Crippen molar-refractivity contribution in [3.63, 3.8) is 0 Å². The first kappa shape index (κ1) is 15.1. The second-order valence-electron chi connectivity index (χ2n) is 6.02. The Bertz CT molecular complexity index is 397. The van der Waals surface area contributed by atoms with E-state index in [9.17, 15) is 0 Å². The fourth-order valence-electron chi connectivity index (χ4n) is 3.14. The highest BCUT2D eigenvalue weighted by molar-refractivity contribution is 5.54. The molecular formula is C17H29N3. The van der Waals surface area contributed by atoms with Crippen LogP contribution in [-0.4, -0.2) is 24.6 Å². The molecule has 0 saturated heterocycles. The lowest BCUT2D eigenvalue weighted by atomic mass is 9.84. The van der Waals surface area contributed by atoms with E-state index in [1.54, 1.807) is 0 Å². The number of pyridine rings is 1. The maximum atomic E-state index is 4.39. The van der Waals surface area contributed by atoms with Crippen molar-refractivity contribution in [2.75, 3.05) is 23.8 Å². The summed E-state index contributed by atoms with van der Waals surface area (Å²) >= 11 is 0. The summed E-state index contributed by atoms with van der Waals surface area (Å²) in [5.74, 6) is 1.96. The highest BCUT2D eigenvalue weighted by Gasteiger charge is 2.23. The third-order valence-corrected chi connectivity index (χ3v) is 4.65. The van der Waals surface area contributed by atoms with Gasteiger partial charge in [0.1, 0.15) is 5.82 Å². The lowest BCUT2D eigenvalue weighted by Crippen LogP contribution is -2.35. The number of hydrogen-bond donors (Lipinski definition) is 1. The van der Waals surface area contributed by atoms with E-state index in [1.807, 2.05) is 6.20 Å². The Morgan fingerprint density at radius 2 is 2.00 bits per heavy atom. The molecule has 0 amide bonds. The van der Waals surface area contributed by atoms with E-state index in [2.05, 4.69) is 48.2 Å². The van der Waals surface area contributed by atoms with Gasteiger partial charge in [0.05, 0.1) is 0 Å². The fourth-order valence-corrected chi connectivity index (χ4v) is 3.14. The first-order valence-corrected chi connectivity index (χ1v) is 8.17. The normalized spacial score (nSPS) is 22.6.